The number of hydrogen-bond acceptors (Lipinski definition) is 7. The van der Waals surface area contributed by atoms with Crippen molar-refractivity contribution in [3.63, 3.8) is 0 Å². The van der Waals surface area contributed by atoms with Crippen molar-refractivity contribution in [2.24, 2.45) is 5.73 Å². The average molecular weight is 473 g/mol. The molecule has 0 aliphatic heterocycles. The predicted octanol–water partition coefficient (Wildman–Crippen LogP) is 3.69. The van der Waals surface area contributed by atoms with Gasteiger partial charge in [0.15, 0.2) is 5.82 Å². The second-order valence-electron chi connectivity index (χ2n) is 6.09. The van der Waals surface area contributed by atoms with E-state index in [1.54, 1.807) is 0 Å². The zero-order valence-corrected chi connectivity index (χ0v) is 17.5. The summed E-state index contributed by atoms with van der Waals surface area (Å²) >= 11 is 7.27. The number of sulfonamides is 1. The smallest absolute Gasteiger partial charge is 0.266 e. The number of rotatable bonds is 8. The summed E-state index contributed by atoms with van der Waals surface area (Å²) in [5.41, 5.74) is 7.93. The summed E-state index contributed by atoms with van der Waals surface area (Å²) in [4.78, 5) is 13.8. The monoisotopic (exact) mass is 472 g/mol. The molecule has 0 bridgehead atoms. The molecule has 3 aromatic rings. The topological polar surface area (TPSA) is 114 Å². The van der Waals surface area contributed by atoms with Gasteiger partial charge in [-0.3, -0.25) is 4.72 Å². The molecule has 0 unspecified atom stereocenters. The minimum Gasteiger partial charge on any atom is -0.365 e. The number of aromatic nitrogens is 1. The van der Waals surface area contributed by atoms with Crippen LogP contribution in [0.3, 0.4) is 0 Å². The van der Waals surface area contributed by atoms with Gasteiger partial charge in [0, 0.05) is 17.4 Å². The van der Waals surface area contributed by atoms with Crippen LogP contribution in [0, 0.1) is 11.6 Å². The van der Waals surface area contributed by atoms with E-state index >= 15 is 0 Å². The van der Waals surface area contributed by atoms with Crippen molar-refractivity contribution in [1.82, 2.24) is 4.98 Å². The lowest BCUT2D eigenvalue weighted by atomic mass is 10.1. The average Bonchev–Trinajstić information content (AvgIpc) is 3.18. The standard InChI is InChI=1S/C18H15ClF2N4O3S2/c19-12-6-16(30(27,28)25-17-8-29-9-23-17)14(21)7-15(12)24-18(22)11-5-10(3-4-26)1-2-13(11)20/h1-2,4-9,18,24-25H,3,22H2/t18-/m1/s1. The summed E-state index contributed by atoms with van der Waals surface area (Å²) in [6.45, 7) is 0. The van der Waals surface area contributed by atoms with E-state index in [4.69, 9.17) is 17.3 Å². The zero-order chi connectivity index (χ0) is 21.9. The summed E-state index contributed by atoms with van der Waals surface area (Å²) in [5.74, 6) is -1.68. The highest BCUT2D eigenvalue weighted by Gasteiger charge is 2.23. The maximum Gasteiger partial charge on any atom is 0.266 e. The summed E-state index contributed by atoms with van der Waals surface area (Å²) in [5, 5.41) is 3.95. The highest BCUT2D eigenvalue weighted by Crippen LogP contribution is 2.31. The fourth-order valence-corrected chi connectivity index (χ4v) is 4.53. The molecule has 0 radical (unpaired) electrons. The van der Waals surface area contributed by atoms with Crippen molar-refractivity contribution >= 4 is 50.8 Å². The van der Waals surface area contributed by atoms with Crippen LogP contribution in [0.1, 0.15) is 17.3 Å². The van der Waals surface area contributed by atoms with Crippen LogP contribution in [0.4, 0.5) is 20.3 Å². The van der Waals surface area contributed by atoms with E-state index in [9.17, 15) is 22.0 Å². The van der Waals surface area contributed by atoms with Crippen molar-refractivity contribution in [3.05, 3.63) is 69.0 Å². The number of benzene rings is 2. The third kappa shape index (κ3) is 4.93. The van der Waals surface area contributed by atoms with Gasteiger partial charge in [0.2, 0.25) is 0 Å². The van der Waals surface area contributed by atoms with Crippen LogP contribution in [-0.4, -0.2) is 19.7 Å². The Hall–Kier alpha value is -2.60. The predicted molar refractivity (Wildman–Crippen MR) is 111 cm³/mol. The molecule has 1 aromatic heterocycles. The van der Waals surface area contributed by atoms with Crippen molar-refractivity contribution in [1.29, 1.82) is 0 Å². The molecule has 0 spiro atoms. The Labute approximate surface area is 179 Å². The number of aldehydes is 1. The Morgan fingerprint density at radius 3 is 2.67 bits per heavy atom. The molecule has 0 aliphatic rings. The van der Waals surface area contributed by atoms with E-state index in [2.05, 4.69) is 15.0 Å². The number of hydrogen-bond donors (Lipinski definition) is 3. The molecule has 4 N–H and O–H groups in total. The molecule has 0 saturated heterocycles. The summed E-state index contributed by atoms with van der Waals surface area (Å²) in [7, 11) is -4.27. The van der Waals surface area contributed by atoms with Gasteiger partial charge in [-0.1, -0.05) is 17.7 Å². The van der Waals surface area contributed by atoms with Crippen LogP contribution in [0.15, 0.2) is 46.1 Å². The summed E-state index contributed by atoms with van der Waals surface area (Å²) < 4.78 is 55.6. The molecular weight excluding hydrogens is 458 g/mol. The molecule has 7 nitrogen and oxygen atoms in total. The van der Waals surface area contributed by atoms with Gasteiger partial charge in [0.25, 0.3) is 10.0 Å². The van der Waals surface area contributed by atoms with E-state index in [-0.39, 0.29) is 28.5 Å². The van der Waals surface area contributed by atoms with Crippen molar-refractivity contribution in [2.45, 2.75) is 17.5 Å². The van der Waals surface area contributed by atoms with E-state index < -0.39 is 32.7 Å². The van der Waals surface area contributed by atoms with Crippen LogP contribution in [0.2, 0.25) is 5.02 Å². The SMILES string of the molecule is N[C@H](Nc1cc(F)c(S(=O)(=O)Nc2cscn2)cc1Cl)c1cc(CC=O)ccc1F. The molecule has 0 saturated carbocycles. The normalized spacial score (nSPS) is 12.4. The number of nitrogens with zero attached hydrogens (tertiary/aromatic N) is 1. The van der Waals surface area contributed by atoms with Gasteiger partial charge in [-0.2, -0.15) is 0 Å². The highest BCUT2D eigenvalue weighted by molar-refractivity contribution is 7.92. The molecule has 2 aromatic carbocycles. The van der Waals surface area contributed by atoms with E-state index in [1.165, 1.54) is 23.0 Å². The third-order valence-electron chi connectivity index (χ3n) is 4.01. The van der Waals surface area contributed by atoms with Gasteiger partial charge in [-0.15, -0.1) is 11.3 Å². The van der Waals surface area contributed by atoms with E-state index in [1.807, 2.05) is 0 Å². The number of carbonyl (C=O) groups is 1. The highest BCUT2D eigenvalue weighted by atomic mass is 35.5. The molecule has 158 valence electrons. The van der Waals surface area contributed by atoms with Crippen molar-refractivity contribution in [3.8, 4) is 0 Å². The van der Waals surface area contributed by atoms with Crippen LogP contribution >= 0.6 is 22.9 Å². The van der Waals surface area contributed by atoms with Gasteiger partial charge >= 0.3 is 0 Å². The van der Waals surface area contributed by atoms with Crippen LogP contribution < -0.4 is 15.8 Å². The fraction of sp³-hybridized carbons (Fsp3) is 0.111. The first-order chi connectivity index (χ1) is 14.2. The first-order valence-corrected chi connectivity index (χ1v) is 11.2. The molecule has 0 amide bonds. The molecule has 12 heteroatoms. The van der Waals surface area contributed by atoms with E-state index in [0.717, 1.165) is 29.5 Å². The second kappa shape index (κ2) is 9.04. The Bertz CT molecular complexity index is 1170. The molecule has 0 fully saturated rings. The fourth-order valence-electron chi connectivity index (χ4n) is 2.60. The number of nitrogens with one attached hydrogen (secondary N) is 2. The van der Waals surface area contributed by atoms with Crippen molar-refractivity contribution in [2.75, 3.05) is 10.0 Å². The maximum absolute atomic E-state index is 14.6. The number of thiazole rings is 1. The summed E-state index contributed by atoms with van der Waals surface area (Å²) in [6, 6.07) is 5.78. The molecule has 30 heavy (non-hydrogen) atoms. The Morgan fingerprint density at radius 1 is 1.23 bits per heavy atom. The van der Waals surface area contributed by atoms with Gasteiger partial charge in [-0.25, -0.2) is 22.2 Å². The minimum absolute atomic E-state index is 0.0329. The number of anilines is 2. The van der Waals surface area contributed by atoms with Gasteiger partial charge in [-0.05, 0) is 29.8 Å². The minimum atomic E-state index is -4.27. The molecule has 1 atom stereocenters. The number of halogens is 3. The molecule has 0 aliphatic carbocycles. The quantitative estimate of drug-likeness (QED) is 0.340. The lowest BCUT2D eigenvalue weighted by Crippen LogP contribution is -2.22. The first-order valence-electron chi connectivity index (χ1n) is 8.35. The maximum atomic E-state index is 14.6. The first kappa shape index (κ1) is 22.1. The molecule has 3 rings (SSSR count). The Kier molecular flexibility index (Phi) is 6.66. The van der Waals surface area contributed by atoms with Crippen LogP contribution in [0.25, 0.3) is 0 Å². The Balaban J connectivity index is 1.87. The molecule has 1 heterocycles. The zero-order valence-electron chi connectivity index (χ0n) is 15.1. The van der Waals surface area contributed by atoms with E-state index in [0.29, 0.717) is 11.8 Å². The van der Waals surface area contributed by atoms with Crippen molar-refractivity contribution < 1.29 is 22.0 Å². The van der Waals surface area contributed by atoms with Gasteiger partial charge in [0.05, 0.1) is 16.2 Å². The largest absolute Gasteiger partial charge is 0.365 e. The van der Waals surface area contributed by atoms with Crippen LogP contribution in [0.5, 0.6) is 0 Å². The molecular formula is C18H15ClF2N4O3S2. The van der Waals surface area contributed by atoms with Gasteiger partial charge < -0.3 is 15.8 Å². The lowest BCUT2D eigenvalue weighted by Gasteiger charge is -2.19. The summed E-state index contributed by atoms with van der Waals surface area (Å²) in [6.07, 6.45) is -0.390. The lowest BCUT2D eigenvalue weighted by molar-refractivity contribution is -0.107. The van der Waals surface area contributed by atoms with Gasteiger partial charge in [0.1, 0.15) is 29.0 Å². The number of carbonyl (C=O) groups excluding carboxylic acids is 1. The third-order valence-corrected chi connectivity index (χ3v) is 6.28. The Morgan fingerprint density at radius 2 is 2.00 bits per heavy atom. The number of nitrogens with two attached hydrogens (primary N) is 1. The second-order valence-corrected chi connectivity index (χ2v) is 8.87. The van der Waals surface area contributed by atoms with Crippen LogP contribution in [-0.2, 0) is 21.2 Å².